The Bertz CT molecular complexity index is 625. The first-order chi connectivity index (χ1) is 9.35. The van der Waals surface area contributed by atoms with Crippen LogP contribution in [-0.4, -0.2) is 11.5 Å². The van der Waals surface area contributed by atoms with Crippen LogP contribution >= 0.6 is 11.3 Å². The van der Waals surface area contributed by atoms with Gasteiger partial charge in [-0.3, -0.25) is 0 Å². The van der Waals surface area contributed by atoms with E-state index in [1.807, 2.05) is 0 Å². The van der Waals surface area contributed by atoms with Crippen LogP contribution in [0.4, 0.5) is 5.13 Å². The third kappa shape index (κ3) is 2.77. The molecule has 19 heavy (non-hydrogen) atoms. The maximum absolute atomic E-state index is 8.74. The molecule has 1 aliphatic carbocycles. The second-order valence-electron chi connectivity index (χ2n) is 4.77. The second kappa shape index (κ2) is 5.41. The van der Waals surface area contributed by atoms with Crippen molar-refractivity contribution in [2.24, 2.45) is 0 Å². The quantitative estimate of drug-likeness (QED) is 0.927. The highest BCUT2D eigenvalue weighted by Crippen LogP contribution is 2.23. The molecule has 0 spiro atoms. The standard InChI is InChI=1S/C15H15N3S/c16-9-14-10-18-15(19-14)17-7-6-11-4-5-12-2-1-3-13(12)8-11/h4-5,8,10H,1-3,6-7H2,(H,17,18). The number of nitriles is 1. The Morgan fingerprint density at radius 2 is 2.21 bits per heavy atom. The summed E-state index contributed by atoms with van der Waals surface area (Å²) in [6.07, 6.45) is 6.38. The van der Waals surface area contributed by atoms with Gasteiger partial charge in [-0.05, 0) is 42.4 Å². The van der Waals surface area contributed by atoms with Crippen LogP contribution in [0, 0.1) is 11.3 Å². The van der Waals surface area contributed by atoms with E-state index >= 15 is 0 Å². The Hall–Kier alpha value is -1.86. The summed E-state index contributed by atoms with van der Waals surface area (Å²) in [5.41, 5.74) is 4.43. The average molecular weight is 269 g/mol. The molecule has 0 fully saturated rings. The molecule has 0 atom stereocenters. The summed E-state index contributed by atoms with van der Waals surface area (Å²) in [5, 5.41) is 12.8. The van der Waals surface area contributed by atoms with Crippen molar-refractivity contribution in [2.75, 3.05) is 11.9 Å². The average Bonchev–Trinajstić information content (AvgIpc) is 3.06. The fourth-order valence-electron chi connectivity index (χ4n) is 2.50. The summed E-state index contributed by atoms with van der Waals surface area (Å²) in [6, 6.07) is 8.94. The monoisotopic (exact) mass is 269 g/mol. The predicted octanol–water partition coefficient (Wildman–Crippen LogP) is 3.16. The number of hydrogen-bond donors (Lipinski definition) is 1. The van der Waals surface area contributed by atoms with E-state index in [0.717, 1.165) is 18.1 Å². The van der Waals surface area contributed by atoms with Crippen molar-refractivity contribution in [2.45, 2.75) is 25.7 Å². The van der Waals surface area contributed by atoms with E-state index in [0.29, 0.717) is 4.88 Å². The van der Waals surface area contributed by atoms with E-state index < -0.39 is 0 Å². The minimum absolute atomic E-state index is 0.653. The Balaban J connectivity index is 1.56. The molecule has 3 nitrogen and oxygen atoms in total. The van der Waals surface area contributed by atoms with Crippen LogP contribution in [0.5, 0.6) is 0 Å². The lowest BCUT2D eigenvalue weighted by molar-refractivity contribution is 0.911. The zero-order valence-electron chi connectivity index (χ0n) is 10.6. The smallest absolute Gasteiger partial charge is 0.183 e. The molecule has 0 amide bonds. The number of benzene rings is 1. The summed E-state index contributed by atoms with van der Waals surface area (Å²) in [4.78, 5) is 4.81. The number of fused-ring (bicyclic) bond motifs is 1. The molecule has 2 aromatic rings. The first-order valence-electron chi connectivity index (χ1n) is 6.55. The number of aryl methyl sites for hydroxylation is 2. The van der Waals surface area contributed by atoms with Gasteiger partial charge in [0.25, 0.3) is 0 Å². The van der Waals surface area contributed by atoms with Crippen molar-refractivity contribution in [3.63, 3.8) is 0 Å². The molecule has 0 bridgehead atoms. The van der Waals surface area contributed by atoms with Gasteiger partial charge in [0.15, 0.2) is 5.13 Å². The lowest BCUT2D eigenvalue weighted by Gasteiger charge is -2.05. The molecule has 4 heteroatoms. The number of rotatable bonds is 4. The molecule has 3 rings (SSSR count). The van der Waals surface area contributed by atoms with Gasteiger partial charge in [0.1, 0.15) is 10.9 Å². The number of hydrogen-bond acceptors (Lipinski definition) is 4. The summed E-state index contributed by atoms with van der Waals surface area (Å²) >= 11 is 1.40. The van der Waals surface area contributed by atoms with E-state index in [4.69, 9.17) is 5.26 Å². The van der Waals surface area contributed by atoms with Gasteiger partial charge in [0, 0.05) is 6.54 Å². The molecule has 96 valence electrons. The van der Waals surface area contributed by atoms with E-state index in [1.54, 1.807) is 6.20 Å². The fraction of sp³-hybridized carbons (Fsp3) is 0.333. The highest BCUT2D eigenvalue weighted by molar-refractivity contribution is 7.16. The number of anilines is 1. The van der Waals surface area contributed by atoms with Gasteiger partial charge in [-0.1, -0.05) is 29.5 Å². The Kier molecular flexibility index (Phi) is 3.47. The molecule has 0 radical (unpaired) electrons. The van der Waals surface area contributed by atoms with Crippen LogP contribution in [-0.2, 0) is 19.3 Å². The summed E-state index contributed by atoms with van der Waals surface area (Å²) < 4.78 is 0. The van der Waals surface area contributed by atoms with Gasteiger partial charge < -0.3 is 5.32 Å². The Morgan fingerprint density at radius 3 is 3.05 bits per heavy atom. The van der Waals surface area contributed by atoms with Gasteiger partial charge in [0.05, 0.1) is 6.20 Å². The molecule has 0 saturated heterocycles. The summed E-state index contributed by atoms with van der Waals surface area (Å²) in [7, 11) is 0. The lowest BCUT2D eigenvalue weighted by atomic mass is 10.0. The molecule has 1 aromatic carbocycles. The van der Waals surface area contributed by atoms with Gasteiger partial charge in [-0.2, -0.15) is 5.26 Å². The first-order valence-corrected chi connectivity index (χ1v) is 7.37. The molecule has 0 saturated carbocycles. The number of nitrogens with zero attached hydrogens (tertiary/aromatic N) is 2. The molecule has 0 unspecified atom stereocenters. The molecule has 1 heterocycles. The van der Waals surface area contributed by atoms with Crippen molar-refractivity contribution >= 4 is 16.5 Å². The summed E-state index contributed by atoms with van der Waals surface area (Å²) in [6.45, 7) is 0.858. The van der Waals surface area contributed by atoms with Crippen molar-refractivity contribution < 1.29 is 0 Å². The molecule has 0 aliphatic heterocycles. The van der Waals surface area contributed by atoms with Crippen molar-refractivity contribution in [3.05, 3.63) is 46.0 Å². The SMILES string of the molecule is N#Cc1cnc(NCCc2ccc3c(c2)CCC3)s1. The Labute approximate surface area is 116 Å². The zero-order chi connectivity index (χ0) is 13.1. The molecular weight excluding hydrogens is 254 g/mol. The van der Waals surface area contributed by atoms with Crippen LogP contribution in [0.1, 0.15) is 28.0 Å². The second-order valence-corrected chi connectivity index (χ2v) is 5.81. The molecule has 1 N–H and O–H groups in total. The van der Waals surface area contributed by atoms with E-state index in [-0.39, 0.29) is 0 Å². The summed E-state index contributed by atoms with van der Waals surface area (Å²) in [5.74, 6) is 0. The third-order valence-corrected chi connectivity index (χ3v) is 4.33. The van der Waals surface area contributed by atoms with Crippen LogP contribution < -0.4 is 5.32 Å². The van der Waals surface area contributed by atoms with Crippen LogP contribution in [0.2, 0.25) is 0 Å². The molecule has 1 aromatic heterocycles. The minimum Gasteiger partial charge on any atom is -0.361 e. The zero-order valence-corrected chi connectivity index (χ0v) is 11.5. The van der Waals surface area contributed by atoms with E-state index in [9.17, 15) is 0 Å². The maximum Gasteiger partial charge on any atom is 0.183 e. The van der Waals surface area contributed by atoms with Crippen LogP contribution in [0.15, 0.2) is 24.4 Å². The molecule has 1 aliphatic rings. The lowest BCUT2D eigenvalue weighted by Crippen LogP contribution is -2.04. The third-order valence-electron chi connectivity index (χ3n) is 3.47. The highest BCUT2D eigenvalue weighted by Gasteiger charge is 2.10. The van der Waals surface area contributed by atoms with Gasteiger partial charge in [-0.15, -0.1) is 0 Å². The topological polar surface area (TPSA) is 48.7 Å². The molecular formula is C15H15N3S. The largest absolute Gasteiger partial charge is 0.361 e. The van der Waals surface area contributed by atoms with Crippen molar-refractivity contribution in [3.8, 4) is 6.07 Å². The predicted molar refractivity (Wildman–Crippen MR) is 77.5 cm³/mol. The van der Waals surface area contributed by atoms with Gasteiger partial charge in [-0.25, -0.2) is 4.98 Å². The minimum atomic E-state index is 0.653. The number of thiazole rings is 1. The normalized spacial score (nSPS) is 13.0. The number of aromatic nitrogens is 1. The van der Waals surface area contributed by atoms with E-state index in [2.05, 4.69) is 34.6 Å². The number of nitrogens with one attached hydrogen (secondary N) is 1. The highest BCUT2D eigenvalue weighted by atomic mass is 32.1. The van der Waals surface area contributed by atoms with E-state index in [1.165, 1.54) is 47.3 Å². The van der Waals surface area contributed by atoms with Crippen LogP contribution in [0.25, 0.3) is 0 Å². The van der Waals surface area contributed by atoms with Crippen molar-refractivity contribution in [1.29, 1.82) is 5.26 Å². The van der Waals surface area contributed by atoms with Gasteiger partial charge >= 0.3 is 0 Å². The van der Waals surface area contributed by atoms with Crippen molar-refractivity contribution in [1.82, 2.24) is 4.98 Å². The van der Waals surface area contributed by atoms with Crippen LogP contribution in [0.3, 0.4) is 0 Å². The Morgan fingerprint density at radius 1 is 1.32 bits per heavy atom. The maximum atomic E-state index is 8.74. The fourth-order valence-corrected chi connectivity index (χ4v) is 3.14. The van der Waals surface area contributed by atoms with Gasteiger partial charge in [0.2, 0.25) is 0 Å². The first kappa shape index (κ1) is 12.2.